The van der Waals surface area contributed by atoms with Crippen molar-refractivity contribution in [3.63, 3.8) is 0 Å². The van der Waals surface area contributed by atoms with E-state index in [1.165, 1.54) is 24.4 Å². The number of halogens is 2. The minimum Gasteiger partial charge on any atom is -0.399 e. The highest BCUT2D eigenvalue weighted by atomic mass is 127. The number of nitrogens with zero attached hydrogens (tertiary/aromatic N) is 1. The lowest BCUT2D eigenvalue weighted by Gasteiger charge is -2.07. The van der Waals surface area contributed by atoms with Crippen molar-refractivity contribution in [3.05, 3.63) is 51.6 Å². The minimum absolute atomic E-state index is 0.190. The fourth-order valence-corrected chi connectivity index (χ4v) is 1.85. The molecule has 0 spiro atoms. The summed E-state index contributed by atoms with van der Waals surface area (Å²) in [4.78, 5) is 15.8. The van der Waals surface area contributed by atoms with E-state index in [2.05, 4.69) is 10.3 Å². The predicted molar refractivity (Wildman–Crippen MR) is 75.7 cm³/mol. The van der Waals surface area contributed by atoms with Crippen LogP contribution < -0.4 is 11.1 Å². The van der Waals surface area contributed by atoms with E-state index in [1.807, 2.05) is 22.6 Å². The van der Waals surface area contributed by atoms with Crippen LogP contribution in [0.1, 0.15) is 10.5 Å². The molecule has 0 aliphatic heterocycles. The normalized spacial score (nSPS) is 10.1. The monoisotopic (exact) mass is 357 g/mol. The summed E-state index contributed by atoms with van der Waals surface area (Å²) in [7, 11) is 0. The lowest BCUT2D eigenvalue weighted by Crippen LogP contribution is -2.15. The lowest BCUT2D eigenvalue weighted by molar-refractivity contribution is 0.102. The van der Waals surface area contributed by atoms with Crippen molar-refractivity contribution in [1.29, 1.82) is 0 Å². The molecule has 1 heterocycles. The van der Waals surface area contributed by atoms with Crippen molar-refractivity contribution >= 4 is 39.9 Å². The molecule has 4 nitrogen and oxygen atoms in total. The first-order valence-electron chi connectivity index (χ1n) is 5.05. The number of nitrogens with two attached hydrogens (primary N) is 1. The Bertz CT molecular complexity index is 604. The Kier molecular flexibility index (Phi) is 3.75. The van der Waals surface area contributed by atoms with E-state index >= 15 is 0 Å². The fourth-order valence-electron chi connectivity index (χ4n) is 1.36. The summed E-state index contributed by atoms with van der Waals surface area (Å²) >= 11 is 1.83. The quantitative estimate of drug-likeness (QED) is 0.813. The highest BCUT2D eigenvalue weighted by Crippen LogP contribution is 2.21. The fraction of sp³-hybridized carbons (Fsp3) is 0. The van der Waals surface area contributed by atoms with Gasteiger partial charge < -0.3 is 11.1 Å². The second kappa shape index (κ2) is 5.30. The van der Waals surface area contributed by atoms with Gasteiger partial charge in [-0.05, 0) is 46.9 Å². The first-order valence-corrected chi connectivity index (χ1v) is 6.12. The molecule has 0 saturated carbocycles. The number of hydrogen-bond acceptors (Lipinski definition) is 3. The van der Waals surface area contributed by atoms with Gasteiger partial charge >= 0.3 is 0 Å². The molecule has 3 N–H and O–H groups in total. The van der Waals surface area contributed by atoms with Gasteiger partial charge in [-0.1, -0.05) is 6.07 Å². The van der Waals surface area contributed by atoms with E-state index in [0.29, 0.717) is 14.9 Å². The third-order valence-corrected chi connectivity index (χ3v) is 3.31. The van der Waals surface area contributed by atoms with Gasteiger partial charge in [0.15, 0.2) is 0 Å². The van der Waals surface area contributed by atoms with Crippen LogP contribution in [-0.2, 0) is 0 Å². The molecule has 0 atom stereocenters. The molecular weight excluding hydrogens is 348 g/mol. The highest BCUT2D eigenvalue weighted by Gasteiger charge is 2.11. The molecule has 2 rings (SSSR count). The lowest BCUT2D eigenvalue weighted by atomic mass is 10.2. The molecule has 6 heteroatoms. The summed E-state index contributed by atoms with van der Waals surface area (Å²) in [5.74, 6) is -0.806. The summed E-state index contributed by atoms with van der Waals surface area (Å²) in [6.07, 6.45) is 1.45. The summed E-state index contributed by atoms with van der Waals surface area (Å²) < 4.78 is 13.7. The first kappa shape index (κ1) is 12.7. The standard InChI is InChI=1S/C12H9FIN3O/c13-8-2-1-3-9(11(8)14)17-12(18)10-6-7(15)4-5-16-10/h1-6H,(H2,15,16)(H,17,18). The molecule has 1 aromatic heterocycles. The van der Waals surface area contributed by atoms with E-state index in [9.17, 15) is 9.18 Å². The molecule has 18 heavy (non-hydrogen) atoms. The van der Waals surface area contributed by atoms with Crippen LogP contribution in [0, 0.1) is 9.39 Å². The molecule has 0 radical (unpaired) electrons. The summed E-state index contributed by atoms with van der Waals surface area (Å²) in [6, 6.07) is 7.52. The van der Waals surface area contributed by atoms with Gasteiger partial charge in [0.1, 0.15) is 11.5 Å². The molecule has 0 aliphatic rings. The van der Waals surface area contributed by atoms with Crippen LogP contribution in [-0.4, -0.2) is 10.9 Å². The number of carbonyl (C=O) groups excluding carboxylic acids is 1. The van der Waals surface area contributed by atoms with Crippen molar-refractivity contribution < 1.29 is 9.18 Å². The molecular formula is C12H9FIN3O. The topological polar surface area (TPSA) is 68.0 Å². The van der Waals surface area contributed by atoms with Crippen LogP contribution in [0.25, 0.3) is 0 Å². The molecule has 1 aromatic carbocycles. The van der Waals surface area contributed by atoms with Gasteiger partial charge in [-0.15, -0.1) is 0 Å². The SMILES string of the molecule is Nc1ccnc(C(=O)Nc2cccc(F)c2I)c1. The zero-order valence-corrected chi connectivity index (χ0v) is 11.3. The van der Waals surface area contributed by atoms with Gasteiger partial charge in [0.25, 0.3) is 5.91 Å². The molecule has 2 aromatic rings. The third-order valence-electron chi connectivity index (χ3n) is 2.22. The van der Waals surface area contributed by atoms with Gasteiger partial charge in [-0.2, -0.15) is 0 Å². The minimum atomic E-state index is -0.425. The Morgan fingerprint density at radius 2 is 2.17 bits per heavy atom. The zero-order valence-electron chi connectivity index (χ0n) is 9.15. The third kappa shape index (κ3) is 2.76. The number of carbonyl (C=O) groups is 1. The van der Waals surface area contributed by atoms with Gasteiger partial charge in [-0.25, -0.2) is 4.39 Å². The molecule has 0 saturated heterocycles. The molecule has 0 unspecified atom stereocenters. The maximum atomic E-state index is 13.3. The number of aromatic nitrogens is 1. The summed E-state index contributed by atoms with van der Waals surface area (Å²) in [5, 5.41) is 2.59. The number of anilines is 2. The van der Waals surface area contributed by atoms with Crippen molar-refractivity contribution in [1.82, 2.24) is 4.98 Å². The number of nitrogens with one attached hydrogen (secondary N) is 1. The molecule has 0 bridgehead atoms. The van der Waals surface area contributed by atoms with E-state index in [-0.39, 0.29) is 11.5 Å². The van der Waals surface area contributed by atoms with Crippen molar-refractivity contribution in [2.24, 2.45) is 0 Å². The number of hydrogen-bond donors (Lipinski definition) is 2. The van der Waals surface area contributed by atoms with E-state index < -0.39 is 5.91 Å². The molecule has 0 aliphatic carbocycles. The van der Waals surface area contributed by atoms with Crippen LogP contribution in [0.5, 0.6) is 0 Å². The summed E-state index contributed by atoms with van der Waals surface area (Å²) in [5.41, 5.74) is 6.61. The Balaban J connectivity index is 2.24. The van der Waals surface area contributed by atoms with Crippen molar-refractivity contribution in [2.75, 3.05) is 11.1 Å². The Labute approximate surface area is 117 Å². The Morgan fingerprint density at radius 3 is 2.89 bits per heavy atom. The van der Waals surface area contributed by atoms with E-state index in [1.54, 1.807) is 12.1 Å². The highest BCUT2D eigenvalue weighted by molar-refractivity contribution is 14.1. The number of benzene rings is 1. The smallest absolute Gasteiger partial charge is 0.274 e. The number of nitrogen functional groups attached to an aromatic ring is 1. The predicted octanol–water partition coefficient (Wildman–Crippen LogP) is 2.66. The number of rotatable bonds is 2. The Morgan fingerprint density at radius 1 is 1.39 bits per heavy atom. The summed E-state index contributed by atoms with van der Waals surface area (Å²) in [6.45, 7) is 0. The second-order valence-corrected chi connectivity index (χ2v) is 4.61. The van der Waals surface area contributed by atoms with Crippen LogP contribution in [0.4, 0.5) is 15.8 Å². The maximum Gasteiger partial charge on any atom is 0.274 e. The van der Waals surface area contributed by atoms with Crippen LogP contribution in [0.15, 0.2) is 36.5 Å². The number of pyridine rings is 1. The molecule has 92 valence electrons. The van der Waals surface area contributed by atoms with E-state index in [0.717, 1.165) is 0 Å². The van der Waals surface area contributed by atoms with Crippen molar-refractivity contribution in [3.8, 4) is 0 Å². The van der Waals surface area contributed by atoms with Crippen LogP contribution in [0.3, 0.4) is 0 Å². The van der Waals surface area contributed by atoms with Crippen molar-refractivity contribution in [2.45, 2.75) is 0 Å². The van der Waals surface area contributed by atoms with Gasteiger partial charge in [0, 0.05) is 11.9 Å². The average molecular weight is 357 g/mol. The largest absolute Gasteiger partial charge is 0.399 e. The zero-order chi connectivity index (χ0) is 13.1. The van der Waals surface area contributed by atoms with Crippen LogP contribution >= 0.6 is 22.6 Å². The Hall–Kier alpha value is -1.70. The average Bonchev–Trinajstić information content (AvgIpc) is 2.35. The van der Waals surface area contributed by atoms with E-state index in [4.69, 9.17) is 5.73 Å². The van der Waals surface area contributed by atoms with Gasteiger partial charge in [0.05, 0.1) is 9.26 Å². The van der Waals surface area contributed by atoms with Gasteiger partial charge in [-0.3, -0.25) is 9.78 Å². The van der Waals surface area contributed by atoms with Crippen LogP contribution in [0.2, 0.25) is 0 Å². The molecule has 0 fully saturated rings. The maximum absolute atomic E-state index is 13.3. The molecule has 1 amide bonds. The van der Waals surface area contributed by atoms with Gasteiger partial charge in [0.2, 0.25) is 0 Å². The second-order valence-electron chi connectivity index (χ2n) is 3.53. The number of amides is 1. The first-order chi connectivity index (χ1) is 8.58.